The molecule has 126 valence electrons. The van der Waals surface area contributed by atoms with Crippen molar-refractivity contribution in [3.05, 3.63) is 42.9 Å². The Labute approximate surface area is 142 Å². The largest absolute Gasteiger partial charge is 0.331 e. The molecule has 0 atom stereocenters. The zero-order valence-corrected chi connectivity index (χ0v) is 14.7. The van der Waals surface area contributed by atoms with Crippen LogP contribution in [0.3, 0.4) is 0 Å². The first-order valence-electron chi connectivity index (χ1n) is 9.47. The van der Waals surface area contributed by atoms with Gasteiger partial charge in [0.2, 0.25) is 0 Å². The highest BCUT2D eigenvalue weighted by molar-refractivity contribution is 5.58. The fourth-order valence-electron chi connectivity index (χ4n) is 3.12. The molecule has 2 aromatic rings. The Morgan fingerprint density at radius 2 is 1.39 bits per heavy atom. The van der Waals surface area contributed by atoms with Gasteiger partial charge in [-0.3, -0.25) is 0 Å². The fourth-order valence-corrected chi connectivity index (χ4v) is 3.12. The monoisotopic (exact) mass is 312 g/mol. The average Bonchev–Trinajstić information content (AvgIpc) is 3.06. The summed E-state index contributed by atoms with van der Waals surface area (Å²) in [4.78, 5) is 4.33. The fraction of sp³-hybridized carbons (Fsp3) is 0.571. The SMILES string of the molecule is CCCCCCCCCCCCn1cncc1-c1ccccc1. The van der Waals surface area contributed by atoms with Gasteiger partial charge in [-0.15, -0.1) is 0 Å². The number of hydrogen-bond acceptors (Lipinski definition) is 1. The molecule has 0 bridgehead atoms. The van der Waals surface area contributed by atoms with Gasteiger partial charge in [0, 0.05) is 6.54 Å². The Kier molecular flexibility index (Phi) is 8.53. The molecule has 0 fully saturated rings. The summed E-state index contributed by atoms with van der Waals surface area (Å²) in [5, 5.41) is 0. The molecular formula is C21H32N2. The van der Waals surface area contributed by atoms with Crippen LogP contribution in [0.5, 0.6) is 0 Å². The van der Waals surface area contributed by atoms with Crippen molar-refractivity contribution in [2.24, 2.45) is 0 Å². The summed E-state index contributed by atoms with van der Waals surface area (Å²) in [6.45, 7) is 3.37. The number of unbranched alkanes of at least 4 members (excludes halogenated alkanes) is 9. The molecule has 0 N–H and O–H groups in total. The molecule has 0 saturated carbocycles. The predicted molar refractivity (Wildman–Crippen MR) is 99.5 cm³/mol. The third-order valence-corrected chi connectivity index (χ3v) is 4.53. The van der Waals surface area contributed by atoms with E-state index in [1.165, 1.54) is 75.5 Å². The lowest BCUT2D eigenvalue weighted by molar-refractivity contribution is 0.536. The van der Waals surface area contributed by atoms with Crippen LogP contribution >= 0.6 is 0 Å². The van der Waals surface area contributed by atoms with Crippen molar-refractivity contribution in [3.8, 4) is 11.3 Å². The van der Waals surface area contributed by atoms with Crippen LogP contribution in [-0.2, 0) is 6.54 Å². The number of imidazole rings is 1. The van der Waals surface area contributed by atoms with Crippen molar-refractivity contribution in [2.45, 2.75) is 77.7 Å². The van der Waals surface area contributed by atoms with Crippen LogP contribution in [0.1, 0.15) is 71.1 Å². The van der Waals surface area contributed by atoms with Crippen LogP contribution in [0.15, 0.2) is 42.9 Å². The molecule has 1 aromatic carbocycles. The van der Waals surface area contributed by atoms with Gasteiger partial charge in [0.25, 0.3) is 0 Å². The minimum absolute atomic E-state index is 1.08. The van der Waals surface area contributed by atoms with E-state index in [9.17, 15) is 0 Å². The summed E-state index contributed by atoms with van der Waals surface area (Å²) >= 11 is 0. The summed E-state index contributed by atoms with van der Waals surface area (Å²) in [6.07, 6.45) is 17.8. The predicted octanol–water partition coefficient (Wildman–Crippen LogP) is 6.47. The van der Waals surface area contributed by atoms with Crippen molar-refractivity contribution >= 4 is 0 Å². The average molecular weight is 313 g/mol. The second-order valence-electron chi connectivity index (χ2n) is 6.52. The molecule has 1 aromatic heterocycles. The lowest BCUT2D eigenvalue weighted by Crippen LogP contribution is -1.98. The number of rotatable bonds is 12. The van der Waals surface area contributed by atoms with Crippen LogP contribution in [0.2, 0.25) is 0 Å². The molecule has 2 nitrogen and oxygen atoms in total. The zero-order chi connectivity index (χ0) is 16.2. The Bertz CT molecular complexity index is 516. The van der Waals surface area contributed by atoms with Gasteiger partial charge in [-0.2, -0.15) is 0 Å². The summed E-state index contributed by atoms with van der Waals surface area (Å²) in [5.74, 6) is 0. The highest BCUT2D eigenvalue weighted by Crippen LogP contribution is 2.19. The Balaban J connectivity index is 1.58. The van der Waals surface area contributed by atoms with Crippen molar-refractivity contribution in [1.82, 2.24) is 9.55 Å². The third-order valence-electron chi connectivity index (χ3n) is 4.53. The summed E-state index contributed by atoms with van der Waals surface area (Å²) in [7, 11) is 0. The van der Waals surface area contributed by atoms with Gasteiger partial charge in [-0.1, -0.05) is 95.0 Å². The highest BCUT2D eigenvalue weighted by Gasteiger charge is 2.03. The van der Waals surface area contributed by atoms with E-state index in [1.54, 1.807) is 0 Å². The number of benzene rings is 1. The van der Waals surface area contributed by atoms with E-state index in [-0.39, 0.29) is 0 Å². The summed E-state index contributed by atoms with van der Waals surface area (Å²) in [5.41, 5.74) is 2.50. The normalized spacial score (nSPS) is 11.0. The second-order valence-corrected chi connectivity index (χ2v) is 6.52. The molecular weight excluding hydrogens is 280 g/mol. The van der Waals surface area contributed by atoms with Gasteiger partial charge >= 0.3 is 0 Å². The maximum absolute atomic E-state index is 4.33. The molecule has 1 heterocycles. The zero-order valence-electron chi connectivity index (χ0n) is 14.7. The first kappa shape index (κ1) is 17.8. The van der Waals surface area contributed by atoms with Crippen LogP contribution in [0.4, 0.5) is 0 Å². The summed E-state index contributed by atoms with van der Waals surface area (Å²) < 4.78 is 2.29. The maximum atomic E-state index is 4.33. The van der Waals surface area contributed by atoms with Gasteiger partial charge in [-0.05, 0) is 12.0 Å². The summed E-state index contributed by atoms with van der Waals surface area (Å²) in [6, 6.07) is 10.6. The van der Waals surface area contributed by atoms with Gasteiger partial charge in [0.1, 0.15) is 0 Å². The molecule has 23 heavy (non-hydrogen) atoms. The molecule has 2 rings (SSSR count). The van der Waals surface area contributed by atoms with E-state index in [0.717, 1.165) is 6.54 Å². The minimum atomic E-state index is 1.08. The number of aromatic nitrogens is 2. The molecule has 0 aliphatic rings. The van der Waals surface area contributed by atoms with Crippen LogP contribution < -0.4 is 0 Å². The molecule has 0 radical (unpaired) electrons. The van der Waals surface area contributed by atoms with Crippen molar-refractivity contribution in [3.63, 3.8) is 0 Å². The third kappa shape index (κ3) is 6.60. The molecule has 0 unspecified atom stereocenters. The van der Waals surface area contributed by atoms with E-state index in [1.807, 2.05) is 12.5 Å². The van der Waals surface area contributed by atoms with E-state index in [0.29, 0.717) is 0 Å². The van der Waals surface area contributed by atoms with Crippen LogP contribution in [0, 0.1) is 0 Å². The first-order valence-corrected chi connectivity index (χ1v) is 9.47. The molecule has 2 heteroatoms. The first-order chi connectivity index (χ1) is 11.4. The van der Waals surface area contributed by atoms with Gasteiger partial charge in [0.05, 0.1) is 18.2 Å². The minimum Gasteiger partial charge on any atom is -0.331 e. The highest BCUT2D eigenvalue weighted by atomic mass is 15.0. The van der Waals surface area contributed by atoms with E-state index >= 15 is 0 Å². The van der Waals surface area contributed by atoms with Crippen LogP contribution in [-0.4, -0.2) is 9.55 Å². The van der Waals surface area contributed by atoms with Gasteiger partial charge < -0.3 is 4.57 Å². The quantitative estimate of drug-likeness (QED) is 0.411. The molecule has 0 saturated heterocycles. The smallest absolute Gasteiger partial charge is 0.0950 e. The Hall–Kier alpha value is -1.57. The number of hydrogen-bond donors (Lipinski definition) is 0. The standard InChI is InChI=1S/C21H32N2/c1-2-3-4-5-6-7-8-9-10-14-17-23-19-22-18-21(23)20-15-12-11-13-16-20/h11-13,15-16,18-19H,2-10,14,17H2,1H3. The number of aryl methyl sites for hydroxylation is 1. The van der Waals surface area contributed by atoms with Gasteiger partial charge in [-0.25, -0.2) is 4.98 Å². The van der Waals surface area contributed by atoms with Crippen molar-refractivity contribution in [2.75, 3.05) is 0 Å². The molecule has 0 amide bonds. The van der Waals surface area contributed by atoms with E-state index in [4.69, 9.17) is 0 Å². The van der Waals surface area contributed by atoms with Crippen molar-refractivity contribution in [1.29, 1.82) is 0 Å². The lowest BCUT2D eigenvalue weighted by Gasteiger charge is -2.08. The lowest BCUT2D eigenvalue weighted by atomic mass is 10.1. The van der Waals surface area contributed by atoms with Crippen molar-refractivity contribution < 1.29 is 0 Å². The number of nitrogens with zero attached hydrogens (tertiary/aromatic N) is 2. The topological polar surface area (TPSA) is 17.8 Å². The van der Waals surface area contributed by atoms with E-state index < -0.39 is 0 Å². The van der Waals surface area contributed by atoms with Crippen LogP contribution in [0.25, 0.3) is 11.3 Å². The molecule has 0 aliphatic heterocycles. The maximum Gasteiger partial charge on any atom is 0.0950 e. The van der Waals surface area contributed by atoms with Gasteiger partial charge in [0.15, 0.2) is 0 Å². The van der Waals surface area contributed by atoms with E-state index in [2.05, 4.69) is 46.8 Å². The Morgan fingerprint density at radius 3 is 2.04 bits per heavy atom. The molecule has 0 spiro atoms. The molecule has 0 aliphatic carbocycles. The second kappa shape index (κ2) is 11.0. The Morgan fingerprint density at radius 1 is 0.783 bits per heavy atom.